The minimum Gasteiger partial charge on any atom is -0.381 e. The van der Waals surface area contributed by atoms with Gasteiger partial charge in [0.05, 0.1) is 6.61 Å². The topological polar surface area (TPSA) is 9.23 Å². The molecule has 0 saturated heterocycles. The fraction of sp³-hybridized carbons (Fsp3) is 0.364. The van der Waals surface area contributed by atoms with Crippen LogP contribution in [0, 0.1) is 17.6 Å². The van der Waals surface area contributed by atoms with Gasteiger partial charge in [0.1, 0.15) is 0 Å². The van der Waals surface area contributed by atoms with Gasteiger partial charge >= 0.3 is 0 Å². The van der Waals surface area contributed by atoms with E-state index in [0.29, 0.717) is 24.0 Å². The fourth-order valence-electron chi connectivity index (χ4n) is 3.61. The number of benzene rings is 2. The molecule has 1 aliphatic rings. The lowest BCUT2D eigenvalue weighted by Crippen LogP contribution is -2.11. The molecule has 1 nitrogen and oxygen atoms in total. The first kappa shape index (κ1) is 17.8. The molecule has 2 aromatic carbocycles. The van der Waals surface area contributed by atoms with Crippen LogP contribution in [0.25, 0.3) is 11.1 Å². The number of hydrogen-bond donors (Lipinski definition) is 0. The minimum atomic E-state index is -0.809. The second-order valence-electron chi connectivity index (χ2n) is 6.75. The summed E-state index contributed by atoms with van der Waals surface area (Å²) < 4.78 is 31.5. The molecule has 0 radical (unpaired) electrons. The largest absolute Gasteiger partial charge is 0.381 e. The van der Waals surface area contributed by atoms with E-state index in [4.69, 9.17) is 4.74 Å². The summed E-state index contributed by atoms with van der Waals surface area (Å²) >= 11 is 0. The molecule has 0 spiro atoms. The first-order chi connectivity index (χ1) is 12.2. The molecule has 3 heteroatoms. The highest BCUT2D eigenvalue weighted by Crippen LogP contribution is 2.37. The van der Waals surface area contributed by atoms with Gasteiger partial charge in [-0.05, 0) is 66.3 Å². The summed E-state index contributed by atoms with van der Waals surface area (Å²) in [4.78, 5) is 0. The molecular formula is C22H24F2O. The Bertz CT molecular complexity index is 713. The Labute approximate surface area is 148 Å². The molecule has 25 heavy (non-hydrogen) atoms. The molecule has 132 valence electrons. The highest BCUT2D eigenvalue weighted by molar-refractivity contribution is 5.63. The van der Waals surface area contributed by atoms with Crippen LogP contribution in [0.5, 0.6) is 0 Å². The molecule has 0 atom stereocenters. The zero-order valence-electron chi connectivity index (χ0n) is 14.6. The predicted molar refractivity (Wildman–Crippen MR) is 97.5 cm³/mol. The van der Waals surface area contributed by atoms with Gasteiger partial charge in [0, 0.05) is 7.11 Å². The smallest absolute Gasteiger partial charge is 0.159 e. The second-order valence-corrected chi connectivity index (χ2v) is 6.75. The van der Waals surface area contributed by atoms with Crippen molar-refractivity contribution >= 4 is 0 Å². The second kappa shape index (κ2) is 8.39. The summed E-state index contributed by atoms with van der Waals surface area (Å²) in [5, 5.41) is 0. The zero-order chi connectivity index (χ0) is 17.6. The summed E-state index contributed by atoms with van der Waals surface area (Å²) in [6.07, 6.45) is 9.18. The van der Waals surface area contributed by atoms with Gasteiger partial charge in [-0.2, -0.15) is 0 Å². The molecule has 0 amide bonds. The van der Waals surface area contributed by atoms with Crippen molar-refractivity contribution in [2.24, 2.45) is 5.92 Å². The quantitative estimate of drug-likeness (QED) is 0.596. The van der Waals surface area contributed by atoms with Crippen molar-refractivity contribution in [2.45, 2.75) is 31.6 Å². The van der Waals surface area contributed by atoms with Crippen LogP contribution in [0.3, 0.4) is 0 Å². The average molecular weight is 342 g/mol. The SMILES string of the molecule is COC/C=C/C1CCC(c2ccc(-c3ccc(F)c(F)c3)cc2)CC1. The standard InChI is InChI=1S/C22H24F2O/c1-25-14-2-3-16-4-6-17(7-5-16)18-8-10-19(11-9-18)20-12-13-21(23)22(24)15-20/h2-3,8-13,15-17H,4-7,14H2,1H3/b3-2+. The third-order valence-corrected chi connectivity index (χ3v) is 5.08. The van der Waals surface area contributed by atoms with E-state index in [-0.39, 0.29) is 0 Å². The molecule has 1 fully saturated rings. The molecule has 0 heterocycles. The van der Waals surface area contributed by atoms with E-state index in [1.807, 2.05) is 12.1 Å². The van der Waals surface area contributed by atoms with Crippen molar-refractivity contribution in [1.29, 1.82) is 0 Å². The summed E-state index contributed by atoms with van der Waals surface area (Å²) in [6.45, 7) is 0.686. The van der Waals surface area contributed by atoms with Crippen LogP contribution in [0.15, 0.2) is 54.6 Å². The minimum absolute atomic E-state index is 0.589. The van der Waals surface area contributed by atoms with Crippen molar-refractivity contribution < 1.29 is 13.5 Å². The summed E-state index contributed by atoms with van der Waals surface area (Å²) in [5.41, 5.74) is 2.96. The van der Waals surface area contributed by atoms with Crippen LogP contribution in [-0.4, -0.2) is 13.7 Å². The molecule has 0 N–H and O–H groups in total. The number of ether oxygens (including phenoxy) is 1. The van der Waals surface area contributed by atoms with Crippen molar-refractivity contribution in [2.75, 3.05) is 13.7 Å². The number of hydrogen-bond acceptors (Lipinski definition) is 1. The van der Waals surface area contributed by atoms with Gasteiger partial charge < -0.3 is 4.74 Å². The monoisotopic (exact) mass is 342 g/mol. The molecule has 0 unspecified atom stereocenters. The van der Waals surface area contributed by atoms with E-state index in [2.05, 4.69) is 24.3 Å². The Balaban J connectivity index is 1.62. The molecule has 0 bridgehead atoms. The zero-order valence-corrected chi connectivity index (χ0v) is 14.6. The first-order valence-electron chi connectivity index (χ1n) is 8.88. The van der Waals surface area contributed by atoms with Crippen LogP contribution in [-0.2, 0) is 4.74 Å². The van der Waals surface area contributed by atoms with Gasteiger partial charge in [-0.1, -0.05) is 42.5 Å². The van der Waals surface area contributed by atoms with E-state index in [1.165, 1.54) is 43.4 Å². The Morgan fingerprint density at radius 3 is 2.24 bits per heavy atom. The number of allylic oxidation sites excluding steroid dienone is 1. The molecule has 0 aliphatic heterocycles. The lowest BCUT2D eigenvalue weighted by Gasteiger charge is -2.27. The normalized spacial score (nSPS) is 20.9. The summed E-state index contributed by atoms with van der Waals surface area (Å²) in [6, 6.07) is 12.3. The maximum Gasteiger partial charge on any atom is 0.159 e. The molecule has 1 aliphatic carbocycles. The molecule has 3 rings (SSSR count). The Morgan fingerprint density at radius 1 is 0.920 bits per heavy atom. The van der Waals surface area contributed by atoms with E-state index in [1.54, 1.807) is 13.2 Å². The molecule has 1 saturated carbocycles. The lowest BCUT2D eigenvalue weighted by atomic mass is 9.78. The Kier molecular flexibility index (Phi) is 5.98. The van der Waals surface area contributed by atoms with Gasteiger partial charge in [0.25, 0.3) is 0 Å². The van der Waals surface area contributed by atoms with Crippen LogP contribution < -0.4 is 0 Å². The Hall–Kier alpha value is -2.00. The van der Waals surface area contributed by atoms with Gasteiger partial charge in [-0.3, -0.25) is 0 Å². The van der Waals surface area contributed by atoms with E-state index in [0.717, 1.165) is 5.56 Å². The average Bonchev–Trinajstić information content (AvgIpc) is 2.65. The maximum atomic E-state index is 13.4. The highest BCUT2D eigenvalue weighted by Gasteiger charge is 2.20. The maximum absolute atomic E-state index is 13.4. The third kappa shape index (κ3) is 4.55. The van der Waals surface area contributed by atoms with Gasteiger partial charge in [0.2, 0.25) is 0 Å². The molecular weight excluding hydrogens is 318 g/mol. The van der Waals surface area contributed by atoms with Gasteiger partial charge in [-0.25, -0.2) is 8.78 Å². The van der Waals surface area contributed by atoms with E-state index in [9.17, 15) is 8.78 Å². The first-order valence-corrected chi connectivity index (χ1v) is 8.88. The third-order valence-electron chi connectivity index (χ3n) is 5.08. The van der Waals surface area contributed by atoms with Gasteiger partial charge in [0.15, 0.2) is 11.6 Å². The van der Waals surface area contributed by atoms with E-state index >= 15 is 0 Å². The van der Waals surface area contributed by atoms with Crippen molar-refractivity contribution in [1.82, 2.24) is 0 Å². The van der Waals surface area contributed by atoms with Crippen LogP contribution in [0.2, 0.25) is 0 Å². The van der Waals surface area contributed by atoms with Crippen molar-refractivity contribution in [3.8, 4) is 11.1 Å². The number of rotatable bonds is 5. The van der Waals surface area contributed by atoms with Crippen LogP contribution >= 0.6 is 0 Å². The van der Waals surface area contributed by atoms with Gasteiger partial charge in [-0.15, -0.1) is 0 Å². The van der Waals surface area contributed by atoms with Crippen LogP contribution in [0.1, 0.15) is 37.2 Å². The van der Waals surface area contributed by atoms with Crippen molar-refractivity contribution in [3.05, 3.63) is 71.8 Å². The van der Waals surface area contributed by atoms with E-state index < -0.39 is 11.6 Å². The summed E-state index contributed by atoms with van der Waals surface area (Å²) in [7, 11) is 1.71. The highest BCUT2D eigenvalue weighted by atomic mass is 19.2. The lowest BCUT2D eigenvalue weighted by molar-refractivity contribution is 0.233. The number of methoxy groups -OCH3 is 1. The summed E-state index contributed by atoms with van der Waals surface area (Å²) in [5.74, 6) is -0.364. The Morgan fingerprint density at radius 2 is 1.60 bits per heavy atom. The van der Waals surface area contributed by atoms with Crippen LogP contribution in [0.4, 0.5) is 8.78 Å². The number of halogens is 2. The predicted octanol–water partition coefficient (Wildman–Crippen LogP) is 6.11. The fourth-order valence-corrected chi connectivity index (χ4v) is 3.61. The molecule has 0 aromatic heterocycles. The molecule has 2 aromatic rings. The van der Waals surface area contributed by atoms with Crippen molar-refractivity contribution in [3.63, 3.8) is 0 Å².